The molecule has 210 valence electrons. The van der Waals surface area contributed by atoms with Crippen molar-refractivity contribution in [3.8, 4) is 17.2 Å². The summed E-state index contributed by atoms with van der Waals surface area (Å²) >= 11 is 5.87. The summed E-state index contributed by atoms with van der Waals surface area (Å²) in [7, 11) is 0. The zero-order chi connectivity index (χ0) is 28.0. The molecule has 0 spiro atoms. The van der Waals surface area contributed by atoms with Gasteiger partial charge < -0.3 is 34.3 Å². The summed E-state index contributed by atoms with van der Waals surface area (Å²) in [6.07, 6.45) is -2.57. The van der Waals surface area contributed by atoms with Gasteiger partial charge in [0.1, 0.15) is 36.2 Å². The Bertz CT molecular complexity index is 1230. The number of benzene rings is 2. The first-order chi connectivity index (χ1) is 18.6. The minimum absolute atomic E-state index is 0.00602. The third-order valence-electron chi connectivity index (χ3n) is 6.05. The second-order valence-corrected chi connectivity index (χ2v) is 9.23. The summed E-state index contributed by atoms with van der Waals surface area (Å²) < 4.78 is 54.0. The molecule has 1 aliphatic rings. The highest BCUT2D eigenvalue weighted by molar-refractivity contribution is 6.28. The van der Waals surface area contributed by atoms with E-state index in [0.29, 0.717) is 24.6 Å². The van der Waals surface area contributed by atoms with Crippen LogP contribution in [0.2, 0.25) is 5.28 Å². The molecular formula is C25H26ClF3N4O6. The third kappa shape index (κ3) is 8.39. The summed E-state index contributed by atoms with van der Waals surface area (Å²) in [6, 6.07) is 12.8. The van der Waals surface area contributed by atoms with E-state index in [4.69, 9.17) is 21.1 Å². The number of aliphatic hydroxyl groups is 1. The number of ether oxygens (including phenoxy) is 3. The van der Waals surface area contributed by atoms with Crippen LogP contribution in [0, 0.1) is 10.1 Å². The zero-order valence-corrected chi connectivity index (χ0v) is 21.3. The van der Waals surface area contributed by atoms with Crippen molar-refractivity contribution in [1.82, 2.24) is 9.55 Å². The fourth-order valence-electron chi connectivity index (χ4n) is 4.09. The van der Waals surface area contributed by atoms with Crippen LogP contribution in [0.5, 0.6) is 17.2 Å². The first-order valence-corrected chi connectivity index (χ1v) is 12.5. The monoisotopic (exact) mass is 570 g/mol. The van der Waals surface area contributed by atoms with Gasteiger partial charge in [-0.1, -0.05) is 0 Å². The number of nitro groups is 1. The molecule has 1 atom stereocenters. The summed E-state index contributed by atoms with van der Waals surface area (Å²) in [5.41, 5.74) is 0.820. The van der Waals surface area contributed by atoms with Crippen LogP contribution < -0.4 is 19.1 Å². The first kappa shape index (κ1) is 28.3. The molecule has 2 heterocycles. The van der Waals surface area contributed by atoms with Gasteiger partial charge in [0.2, 0.25) is 0 Å². The molecule has 0 bridgehead atoms. The van der Waals surface area contributed by atoms with E-state index < -0.39 is 17.4 Å². The Morgan fingerprint density at radius 2 is 1.69 bits per heavy atom. The van der Waals surface area contributed by atoms with Crippen LogP contribution >= 0.6 is 11.6 Å². The van der Waals surface area contributed by atoms with Gasteiger partial charge in [-0.15, -0.1) is 13.2 Å². The number of aliphatic hydroxyl groups excluding tert-OH is 1. The molecule has 10 nitrogen and oxygen atoms in total. The highest BCUT2D eigenvalue weighted by Crippen LogP contribution is 2.28. The normalized spacial score (nSPS) is 15.2. The van der Waals surface area contributed by atoms with E-state index in [1.807, 2.05) is 0 Å². The number of hydrogen-bond donors (Lipinski definition) is 1. The molecule has 1 N–H and O–H groups in total. The largest absolute Gasteiger partial charge is 0.573 e. The lowest BCUT2D eigenvalue weighted by Crippen LogP contribution is -2.38. The predicted molar refractivity (Wildman–Crippen MR) is 135 cm³/mol. The van der Waals surface area contributed by atoms with E-state index in [1.54, 1.807) is 36.4 Å². The Hall–Kier alpha value is -3.71. The smallest absolute Gasteiger partial charge is 0.491 e. The Balaban J connectivity index is 1.17. The van der Waals surface area contributed by atoms with Gasteiger partial charge in [0.25, 0.3) is 0 Å². The van der Waals surface area contributed by atoms with Gasteiger partial charge in [0.15, 0.2) is 0 Å². The molecule has 14 heteroatoms. The standard InChI is InChI=1S/C25H26ClF3N4O6/c26-24-30-23(33(35)36)15-32(24)12-9-18(34)16-37-19-5-7-20(8-6-19)38-21-10-13-31(14-11-21)17-1-3-22(4-2-17)39-25(27,28)29/h1-8,15,18,21,34H,9-14,16H2. The van der Waals surface area contributed by atoms with Gasteiger partial charge in [0, 0.05) is 38.2 Å². The maximum absolute atomic E-state index is 12.3. The molecule has 4 rings (SSSR count). The highest BCUT2D eigenvalue weighted by Gasteiger charge is 2.31. The second kappa shape index (κ2) is 12.4. The third-order valence-corrected chi connectivity index (χ3v) is 6.35. The predicted octanol–water partition coefficient (Wildman–Crippen LogP) is 5.22. The Morgan fingerprint density at radius 1 is 1.08 bits per heavy atom. The number of alkyl halides is 3. The van der Waals surface area contributed by atoms with Crippen molar-refractivity contribution in [2.24, 2.45) is 0 Å². The molecule has 0 radical (unpaired) electrons. The zero-order valence-electron chi connectivity index (χ0n) is 20.6. The van der Waals surface area contributed by atoms with Gasteiger partial charge in [-0.3, -0.25) is 4.57 Å². The Kier molecular flexibility index (Phi) is 9.02. The Morgan fingerprint density at radius 3 is 2.28 bits per heavy atom. The lowest BCUT2D eigenvalue weighted by atomic mass is 10.1. The fraction of sp³-hybridized carbons (Fsp3) is 0.400. The van der Waals surface area contributed by atoms with Crippen molar-refractivity contribution >= 4 is 23.1 Å². The maximum atomic E-state index is 12.3. The number of aromatic nitrogens is 2. The lowest BCUT2D eigenvalue weighted by molar-refractivity contribution is -0.389. The average Bonchev–Trinajstić information content (AvgIpc) is 3.28. The van der Waals surface area contributed by atoms with E-state index >= 15 is 0 Å². The quantitative estimate of drug-likeness (QED) is 0.247. The van der Waals surface area contributed by atoms with Gasteiger partial charge in [-0.05, 0) is 76.5 Å². The van der Waals surface area contributed by atoms with E-state index in [2.05, 4.69) is 14.6 Å². The van der Waals surface area contributed by atoms with Crippen LogP contribution in [0.25, 0.3) is 0 Å². The van der Waals surface area contributed by atoms with Gasteiger partial charge in [0.05, 0.1) is 6.10 Å². The fourth-order valence-corrected chi connectivity index (χ4v) is 4.31. The number of imidazole rings is 1. The molecule has 2 aromatic carbocycles. The van der Waals surface area contributed by atoms with E-state index in [0.717, 1.165) is 18.5 Å². The van der Waals surface area contributed by atoms with Gasteiger partial charge >= 0.3 is 17.5 Å². The minimum atomic E-state index is -4.71. The van der Waals surface area contributed by atoms with E-state index in [-0.39, 0.29) is 42.5 Å². The lowest BCUT2D eigenvalue weighted by Gasteiger charge is -2.33. The highest BCUT2D eigenvalue weighted by atomic mass is 35.5. The molecule has 0 saturated carbocycles. The summed E-state index contributed by atoms with van der Waals surface area (Å²) in [6.45, 7) is 1.66. The topological polar surface area (TPSA) is 112 Å². The summed E-state index contributed by atoms with van der Waals surface area (Å²) in [5.74, 6) is 0.614. The Labute approximate surface area is 226 Å². The number of halogens is 4. The minimum Gasteiger partial charge on any atom is -0.491 e. The molecule has 1 unspecified atom stereocenters. The number of piperidine rings is 1. The van der Waals surface area contributed by atoms with Crippen molar-refractivity contribution in [2.45, 2.75) is 44.4 Å². The van der Waals surface area contributed by atoms with Crippen LogP contribution in [-0.2, 0) is 6.54 Å². The van der Waals surface area contributed by atoms with Crippen molar-refractivity contribution in [2.75, 3.05) is 24.6 Å². The maximum Gasteiger partial charge on any atom is 0.573 e. The van der Waals surface area contributed by atoms with Crippen LogP contribution in [0.15, 0.2) is 54.7 Å². The van der Waals surface area contributed by atoms with Crippen molar-refractivity contribution in [3.63, 3.8) is 0 Å². The van der Waals surface area contributed by atoms with Crippen LogP contribution in [-0.4, -0.2) is 57.8 Å². The molecule has 3 aromatic rings. The number of aryl methyl sites for hydroxylation is 1. The number of nitrogens with zero attached hydrogens (tertiary/aromatic N) is 4. The molecule has 1 fully saturated rings. The van der Waals surface area contributed by atoms with Gasteiger partial charge in [-0.2, -0.15) is 0 Å². The van der Waals surface area contributed by atoms with Crippen molar-refractivity contribution in [1.29, 1.82) is 0 Å². The van der Waals surface area contributed by atoms with E-state index in [9.17, 15) is 28.4 Å². The second-order valence-electron chi connectivity index (χ2n) is 8.89. The van der Waals surface area contributed by atoms with E-state index in [1.165, 1.54) is 22.9 Å². The molecule has 0 aliphatic carbocycles. The molecule has 1 aliphatic heterocycles. The van der Waals surface area contributed by atoms with Crippen LogP contribution in [0.1, 0.15) is 19.3 Å². The molecule has 1 saturated heterocycles. The van der Waals surface area contributed by atoms with Crippen molar-refractivity contribution in [3.05, 3.63) is 70.1 Å². The summed E-state index contributed by atoms with van der Waals surface area (Å²) in [5, 5.41) is 20.9. The van der Waals surface area contributed by atoms with Crippen LogP contribution in [0.4, 0.5) is 24.7 Å². The molecule has 0 amide bonds. The average molecular weight is 571 g/mol. The first-order valence-electron chi connectivity index (χ1n) is 12.1. The summed E-state index contributed by atoms with van der Waals surface area (Å²) in [4.78, 5) is 15.8. The SMILES string of the molecule is O=[N+]([O-])c1cn(CCC(O)COc2ccc(OC3CCN(c4ccc(OC(F)(F)F)cc4)CC3)cc2)c(Cl)n1. The van der Waals surface area contributed by atoms with Crippen molar-refractivity contribution < 1.29 is 37.4 Å². The number of hydrogen-bond acceptors (Lipinski definition) is 8. The molecule has 39 heavy (non-hydrogen) atoms. The molecule has 1 aromatic heterocycles. The van der Waals surface area contributed by atoms with Gasteiger partial charge in [-0.25, -0.2) is 0 Å². The number of rotatable bonds is 11. The molecular weight excluding hydrogens is 545 g/mol. The number of anilines is 1. The van der Waals surface area contributed by atoms with Crippen LogP contribution in [0.3, 0.4) is 0 Å².